The summed E-state index contributed by atoms with van der Waals surface area (Å²) in [5.41, 5.74) is 4.48. The van der Waals surface area contributed by atoms with E-state index in [1.165, 1.54) is 17.4 Å². The summed E-state index contributed by atoms with van der Waals surface area (Å²) in [5, 5.41) is 17.0. The number of nitrogens with zero attached hydrogens (tertiary/aromatic N) is 2. The van der Waals surface area contributed by atoms with Gasteiger partial charge < -0.3 is 5.32 Å². The van der Waals surface area contributed by atoms with Crippen LogP contribution in [-0.4, -0.2) is 10.9 Å². The van der Waals surface area contributed by atoms with Crippen LogP contribution < -0.4 is 5.32 Å². The number of hydrogen-bond donors (Lipinski definition) is 1. The van der Waals surface area contributed by atoms with Gasteiger partial charge in [0.05, 0.1) is 10.6 Å². The fourth-order valence-electron chi connectivity index (χ4n) is 2.72. The molecule has 3 rings (SSSR count). The van der Waals surface area contributed by atoms with Crippen LogP contribution in [0.3, 0.4) is 0 Å². The topological polar surface area (TPSA) is 65.8 Å². The highest BCUT2D eigenvalue weighted by Crippen LogP contribution is 2.28. The van der Waals surface area contributed by atoms with E-state index in [2.05, 4.69) is 10.3 Å². The number of anilines is 1. The Kier molecular flexibility index (Phi) is 5.31. The van der Waals surface area contributed by atoms with Crippen molar-refractivity contribution >= 4 is 40.3 Å². The molecule has 0 bridgehead atoms. The van der Waals surface area contributed by atoms with Crippen molar-refractivity contribution in [3.63, 3.8) is 0 Å². The van der Waals surface area contributed by atoms with E-state index in [0.29, 0.717) is 5.69 Å². The Hall–Kier alpha value is -2.75. The predicted octanol–water partition coefficient (Wildman–Crippen LogP) is 5.34. The Morgan fingerprint density at radius 1 is 1.23 bits per heavy atom. The van der Waals surface area contributed by atoms with Crippen molar-refractivity contribution in [3.05, 3.63) is 63.0 Å². The lowest BCUT2D eigenvalue weighted by Gasteiger charge is -2.12. The number of carbonyl (C=O) groups is 1. The van der Waals surface area contributed by atoms with E-state index in [-0.39, 0.29) is 5.57 Å². The summed E-state index contributed by atoms with van der Waals surface area (Å²) in [6.45, 7) is 5.90. The van der Waals surface area contributed by atoms with E-state index in [1.54, 1.807) is 11.3 Å². The number of aromatic nitrogens is 1. The van der Waals surface area contributed by atoms with Crippen LogP contribution in [-0.2, 0) is 4.79 Å². The quantitative estimate of drug-likeness (QED) is 0.491. The standard InChI is InChI=1S/C20H17N3OS2/c1-12-7-13(2)18(14(3)8-12)23-19(24)15(10-21)9-16-11-26-20(22-16)17-5-4-6-25-17/h4-9,11H,1-3H3,(H,23,24). The number of nitrogens with one attached hydrogen (secondary N) is 1. The maximum atomic E-state index is 12.5. The molecule has 130 valence electrons. The average Bonchev–Trinajstić information content (AvgIpc) is 3.26. The lowest BCUT2D eigenvalue weighted by Crippen LogP contribution is -2.15. The number of amides is 1. The monoisotopic (exact) mass is 379 g/mol. The molecule has 2 aromatic heterocycles. The van der Waals surface area contributed by atoms with Gasteiger partial charge in [-0.05, 0) is 49.4 Å². The highest BCUT2D eigenvalue weighted by molar-refractivity contribution is 7.20. The second kappa shape index (κ2) is 7.65. The van der Waals surface area contributed by atoms with Gasteiger partial charge >= 0.3 is 0 Å². The summed E-state index contributed by atoms with van der Waals surface area (Å²) in [6.07, 6.45) is 1.53. The normalized spacial score (nSPS) is 11.2. The number of nitriles is 1. The molecular weight excluding hydrogens is 362 g/mol. The number of rotatable bonds is 4. The first-order valence-corrected chi connectivity index (χ1v) is 9.74. The minimum Gasteiger partial charge on any atom is -0.321 e. The summed E-state index contributed by atoms with van der Waals surface area (Å²) < 4.78 is 0. The highest BCUT2D eigenvalue weighted by Gasteiger charge is 2.14. The smallest absolute Gasteiger partial charge is 0.266 e. The molecule has 0 spiro atoms. The molecule has 0 unspecified atom stereocenters. The molecule has 1 N–H and O–H groups in total. The third kappa shape index (κ3) is 3.90. The zero-order valence-electron chi connectivity index (χ0n) is 14.7. The van der Waals surface area contributed by atoms with Gasteiger partial charge in [0.15, 0.2) is 0 Å². The lowest BCUT2D eigenvalue weighted by atomic mass is 10.0. The Labute approximate surface area is 160 Å². The number of thiazole rings is 1. The third-order valence-electron chi connectivity index (χ3n) is 3.83. The summed E-state index contributed by atoms with van der Waals surface area (Å²) in [4.78, 5) is 18.1. The summed E-state index contributed by atoms with van der Waals surface area (Å²) >= 11 is 3.10. The minimum atomic E-state index is -0.423. The maximum absolute atomic E-state index is 12.5. The largest absolute Gasteiger partial charge is 0.321 e. The van der Waals surface area contributed by atoms with Crippen LogP contribution >= 0.6 is 22.7 Å². The Bertz CT molecular complexity index is 1000. The van der Waals surface area contributed by atoms with Crippen LogP contribution in [0.15, 0.2) is 40.6 Å². The van der Waals surface area contributed by atoms with Crippen LogP contribution in [0.2, 0.25) is 0 Å². The second-order valence-corrected chi connectivity index (χ2v) is 7.76. The van der Waals surface area contributed by atoms with Crippen molar-refractivity contribution in [2.24, 2.45) is 0 Å². The van der Waals surface area contributed by atoms with Crippen molar-refractivity contribution in [2.75, 3.05) is 5.32 Å². The van der Waals surface area contributed by atoms with Gasteiger partial charge in [0.25, 0.3) is 5.91 Å². The zero-order valence-corrected chi connectivity index (χ0v) is 16.3. The second-order valence-electron chi connectivity index (χ2n) is 5.95. The molecule has 0 aliphatic rings. The van der Waals surface area contributed by atoms with Crippen LogP contribution in [0.1, 0.15) is 22.4 Å². The molecule has 0 saturated carbocycles. The Balaban J connectivity index is 1.84. The molecule has 0 saturated heterocycles. The minimum absolute atomic E-state index is 0.0346. The van der Waals surface area contributed by atoms with E-state index < -0.39 is 5.91 Å². The lowest BCUT2D eigenvalue weighted by molar-refractivity contribution is -0.112. The molecule has 0 aliphatic heterocycles. The van der Waals surface area contributed by atoms with Crippen LogP contribution in [0, 0.1) is 32.1 Å². The molecule has 1 aromatic carbocycles. The van der Waals surface area contributed by atoms with Crippen LogP contribution in [0.4, 0.5) is 5.69 Å². The van der Waals surface area contributed by atoms with Crippen molar-refractivity contribution in [3.8, 4) is 16.0 Å². The van der Waals surface area contributed by atoms with Crippen LogP contribution in [0.5, 0.6) is 0 Å². The van der Waals surface area contributed by atoms with Gasteiger partial charge in [0.2, 0.25) is 0 Å². The van der Waals surface area contributed by atoms with Crippen LogP contribution in [0.25, 0.3) is 16.0 Å². The predicted molar refractivity (Wildman–Crippen MR) is 108 cm³/mol. The number of carbonyl (C=O) groups excluding carboxylic acids is 1. The Morgan fingerprint density at radius 3 is 2.58 bits per heavy atom. The first kappa shape index (κ1) is 18.1. The molecule has 0 atom stereocenters. The summed E-state index contributed by atoms with van der Waals surface area (Å²) in [5.74, 6) is -0.423. The van der Waals surface area contributed by atoms with Crippen molar-refractivity contribution in [2.45, 2.75) is 20.8 Å². The third-order valence-corrected chi connectivity index (χ3v) is 5.73. The van der Waals surface area contributed by atoms with Crippen molar-refractivity contribution in [1.29, 1.82) is 5.26 Å². The fourth-order valence-corrected chi connectivity index (χ4v) is 4.31. The summed E-state index contributed by atoms with van der Waals surface area (Å²) in [7, 11) is 0. The fraction of sp³-hybridized carbons (Fsp3) is 0.150. The summed E-state index contributed by atoms with van der Waals surface area (Å²) in [6, 6.07) is 9.96. The molecule has 2 heterocycles. The average molecular weight is 380 g/mol. The molecule has 3 aromatic rings. The first-order chi connectivity index (χ1) is 12.5. The van der Waals surface area contributed by atoms with E-state index >= 15 is 0 Å². The van der Waals surface area contributed by atoms with Crippen molar-refractivity contribution < 1.29 is 4.79 Å². The van der Waals surface area contributed by atoms with Gasteiger partial charge in [0.1, 0.15) is 16.6 Å². The molecule has 4 nitrogen and oxygen atoms in total. The van der Waals surface area contributed by atoms with E-state index in [1.807, 2.05) is 61.9 Å². The van der Waals surface area contributed by atoms with E-state index in [9.17, 15) is 10.1 Å². The number of hydrogen-bond acceptors (Lipinski definition) is 5. The van der Waals surface area contributed by atoms with E-state index in [0.717, 1.165) is 32.3 Å². The molecule has 6 heteroatoms. The van der Waals surface area contributed by atoms with Gasteiger partial charge in [-0.1, -0.05) is 23.8 Å². The highest BCUT2D eigenvalue weighted by atomic mass is 32.1. The number of benzene rings is 1. The van der Waals surface area contributed by atoms with Gasteiger partial charge in [-0.25, -0.2) is 4.98 Å². The zero-order chi connectivity index (χ0) is 18.7. The van der Waals surface area contributed by atoms with Gasteiger partial charge in [-0.15, -0.1) is 22.7 Å². The molecular formula is C20H17N3OS2. The van der Waals surface area contributed by atoms with Gasteiger partial charge in [0, 0.05) is 11.1 Å². The first-order valence-electron chi connectivity index (χ1n) is 7.98. The molecule has 26 heavy (non-hydrogen) atoms. The van der Waals surface area contributed by atoms with Gasteiger partial charge in [-0.2, -0.15) is 5.26 Å². The maximum Gasteiger partial charge on any atom is 0.266 e. The number of aryl methyl sites for hydroxylation is 3. The molecule has 0 aliphatic carbocycles. The Morgan fingerprint density at radius 2 is 1.96 bits per heavy atom. The SMILES string of the molecule is Cc1cc(C)c(NC(=O)C(C#N)=Cc2csc(-c3cccs3)n2)c(C)c1. The molecule has 1 amide bonds. The number of thiophene rings is 1. The van der Waals surface area contributed by atoms with Gasteiger partial charge in [-0.3, -0.25) is 4.79 Å². The molecule has 0 fully saturated rings. The van der Waals surface area contributed by atoms with E-state index in [4.69, 9.17) is 0 Å². The molecule has 0 radical (unpaired) electrons. The van der Waals surface area contributed by atoms with Crippen molar-refractivity contribution in [1.82, 2.24) is 4.98 Å².